The highest BCUT2D eigenvalue weighted by Gasteiger charge is 2.73. The van der Waals surface area contributed by atoms with E-state index in [2.05, 4.69) is 84.5 Å². The molecule has 45 heavy (non-hydrogen) atoms. The van der Waals surface area contributed by atoms with Gasteiger partial charge in [0.25, 0.3) is 0 Å². The van der Waals surface area contributed by atoms with Gasteiger partial charge in [-0.3, -0.25) is 9.89 Å². The molecule has 5 atom stereocenters. The van der Waals surface area contributed by atoms with Crippen LogP contribution in [0.5, 0.6) is 0 Å². The Morgan fingerprint density at radius 2 is 1.56 bits per heavy atom. The maximum atomic E-state index is 16.5. The van der Waals surface area contributed by atoms with Crippen LogP contribution in [-0.4, -0.2) is 34.3 Å². The first-order valence-corrected chi connectivity index (χ1v) is 16.7. The molecule has 7 heteroatoms. The number of ether oxygens (including phenoxy) is 1. The minimum atomic E-state index is -0.686. The van der Waals surface area contributed by atoms with Gasteiger partial charge in [0.05, 0.1) is 28.8 Å². The van der Waals surface area contributed by atoms with Crippen LogP contribution in [0.15, 0.2) is 96.1 Å². The first-order chi connectivity index (χ1) is 21.8. The van der Waals surface area contributed by atoms with E-state index in [4.69, 9.17) is 32.9 Å². The number of benzene rings is 3. The minimum absolute atomic E-state index is 0.115. The summed E-state index contributed by atoms with van der Waals surface area (Å²) in [7, 11) is 0. The van der Waals surface area contributed by atoms with E-state index in [1.165, 1.54) is 5.56 Å². The second-order valence-corrected chi connectivity index (χ2v) is 14.8. The number of halogens is 3. The number of nitrogens with zero attached hydrogens (tertiary/aromatic N) is 3. The number of fused-ring (bicyclic) bond motifs is 5. The Morgan fingerprint density at radius 1 is 0.867 bits per heavy atom. The van der Waals surface area contributed by atoms with Gasteiger partial charge in [-0.15, -0.1) is 0 Å². The number of aliphatic imine (C=N–C) groups is 1. The molecule has 3 fully saturated rings. The SMILES string of the molecule is CC1(C)CCC2(CC1)N1C(COC(c3ccccc3)C1c1ccccc1)C(c1cccc(Cl)c1F)C21C=Nc2cc(Cl)ncc21. The van der Waals surface area contributed by atoms with Crippen molar-refractivity contribution in [2.45, 2.75) is 74.6 Å². The molecule has 0 radical (unpaired) electrons. The van der Waals surface area contributed by atoms with Gasteiger partial charge in [-0.05, 0) is 53.9 Å². The summed E-state index contributed by atoms with van der Waals surface area (Å²) >= 11 is 13.0. The lowest BCUT2D eigenvalue weighted by atomic mass is 9.53. The largest absolute Gasteiger partial charge is 0.370 e. The maximum absolute atomic E-state index is 16.5. The molecule has 1 saturated carbocycles. The number of hydrogen-bond donors (Lipinski definition) is 0. The lowest BCUT2D eigenvalue weighted by Crippen LogP contribution is -2.62. The Hall–Kier alpha value is -3.09. The van der Waals surface area contributed by atoms with Crippen LogP contribution in [0.25, 0.3) is 0 Å². The summed E-state index contributed by atoms with van der Waals surface area (Å²) in [4.78, 5) is 12.4. The molecule has 1 aromatic heterocycles. The predicted octanol–water partition coefficient (Wildman–Crippen LogP) is 9.80. The van der Waals surface area contributed by atoms with Crippen molar-refractivity contribution in [2.75, 3.05) is 6.61 Å². The summed E-state index contributed by atoms with van der Waals surface area (Å²) in [5, 5.41) is 0.528. The summed E-state index contributed by atoms with van der Waals surface area (Å²) in [6.07, 6.45) is 7.72. The lowest BCUT2D eigenvalue weighted by molar-refractivity contribution is -0.142. The summed E-state index contributed by atoms with van der Waals surface area (Å²) < 4.78 is 23.4. The zero-order valence-electron chi connectivity index (χ0n) is 25.5. The number of aromatic nitrogens is 1. The molecule has 1 aliphatic carbocycles. The molecule has 3 aliphatic heterocycles. The third-order valence-corrected chi connectivity index (χ3v) is 11.7. The number of rotatable bonds is 3. The summed E-state index contributed by atoms with van der Waals surface area (Å²) in [5.41, 5.74) is 3.83. The van der Waals surface area contributed by atoms with Crippen LogP contribution in [0.3, 0.4) is 0 Å². The fourth-order valence-electron chi connectivity index (χ4n) is 9.21. The van der Waals surface area contributed by atoms with Crippen LogP contribution >= 0.6 is 23.2 Å². The van der Waals surface area contributed by atoms with E-state index in [9.17, 15) is 0 Å². The van der Waals surface area contributed by atoms with Crippen molar-refractivity contribution in [1.29, 1.82) is 0 Å². The molecule has 2 saturated heterocycles. The maximum Gasteiger partial charge on any atom is 0.145 e. The fraction of sp³-hybridized carbons (Fsp3) is 0.368. The summed E-state index contributed by atoms with van der Waals surface area (Å²) in [6.45, 7) is 5.17. The third kappa shape index (κ3) is 4.31. The fourth-order valence-corrected chi connectivity index (χ4v) is 9.54. The van der Waals surface area contributed by atoms with Gasteiger partial charge in [0.1, 0.15) is 17.1 Å². The summed E-state index contributed by atoms with van der Waals surface area (Å²) in [6, 6.07) is 28.2. The predicted molar refractivity (Wildman–Crippen MR) is 178 cm³/mol. The van der Waals surface area contributed by atoms with Crippen LogP contribution in [0, 0.1) is 11.2 Å². The topological polar surface area (TPSA) is 37.7 Å². The molecule has 3 aromatic carbocycles. The third-order valence-electron chi connectivity index (χ3n) is 11.2. The summed E-state index contributed by atoms with van der Waals surface area (Å²) in [5.74, 6) is -0.699. The van der Waals surface area contributed by atoms with Gasteiger partial charge in [0.15, 0.2) is 0 Å². The molecule has 8 rings (SSSR count). The van der Waals surface area contributed by atoms with Gasteiger partial charge in [0, 0.05) is 41.5 Å². The molecule has 4 aromatic rings. The molecule has 4 aliphatic rings. The van der Waals surface area contributed by atoms with Crippen molar-refractivity contribution in [3.8, 4) is 0 Å². The zero-order chi connectivity index (χ0) is 31.0. The molecule has 4 nitrogen and oxygen atoms in total. The van der Waals surface area contributed by atoms with Crippen molar-refractivity contribution in [2.24, 2.45) is 10.4 Å². The van der Waals surface area contributed by atoms with Crippen LogP contribution in [-0.2, 0) is 10.2 Å². The molecule has 4 heterocycles. The molecular weight excluding hydrogens is 604 g/mol. The van der Waals surface area contributed by atoms with Gasteiger partial charge in [-0.25, -0.2) is 9.37 Å². The van der Waals surface area contributed by atoms with Gasteiger partial charge in [-0.2, -0.15) is 0 Å². The Kier molecular flexibility index (Phi) is 6.99. The first kappa shape index (κ1) is 29.3. The van der Waals surface area contributed by atoms with E-state index in [0.29, 0.717) is 17.3 Å². The smallest absolute Gasteiger partial charge is 0.145 e. The number of morpholine rings is 1. The second kappa shape index (κ2) is 10.7. The highest BCUT2D eigenvalue weighted by atomic mass is 35.5. The van der Waals surface area contributed by atoms with Crippen LogP contribution < -0.4 is 0 Å². The Labute approximate surface area is 274 Å². The van der Waals surface area contributed by atoms with Gasteiger partial charge in [-0.1, -0.05) is 110 Å². The van der Waals surface area contributed by atoms with Gasteiger partial charge in [0.2, 0.25) is 0 Å². The van der Waals surface area contributed by atoms with Crippen molar-refractivity contribution in [1.82, 2.24) is 9.88 Å². The van der Waals surface area contributed by atoms with Crippen LogP contribution in [0.1, 0.15) is 79.8 Å². The molecule has 0 amide bonds. The zero-order valence-corrected chi connectivity index (χ0v) is 27.0. The quantitative estimate of drug-likeness (QED) is 0.209. The van der Waals surface area contributed by atoms with E-state index in [1.54, 1.807) is 6.07 Å². The van der Waals surface area contributed by atoms with E-state index in [-0.39, 0.29) is 40.4 Å². The van der Waals surface area contributed by atoms with Crippen molar-refractivity contribution < 1.29 is 9.13 Å². The Morgan fingerprint density at radius 3 is 2.27 bits per heavy atom. The van der Waals surface area contributed by atoms with E-state index in [1.807, 2.05) is 30.5 Å². The molecular formula is C38H36Cl2FN3O. The van der Waals surface area contributed by atoms with Crippen LogP contribution in [0.2, 0.25) is 10.2 Å². The van der Waals surface area contributed by atoms with Crippen LogP contribution in [0.4, 0.5) is 10.1 Å². The normalized spacial score (nSPS) is 29.6. The van der Waals surface area contributed by atoms with Gasteiger partial charge < -0.3 is 4.74 Å². The average Bonchev–Trinajstić information content (AvgIpc) is 3.54. The Bertz CT molecular complexity index is 1770. The highest BCUT2D eigenvalue weighted by molar-refractivity contribution is 6.30. The number of pyridine rings is 1. The molecule has 0 N–H and O–H groups in total. The first-order valence-electron chi connectivity index (χ1n) is 15.9. The minimum Gasteiger partial charge on any atom is -0.370 e. The van der Waals surface area contributed by atoms with Crippen molar-refractivity contribution in [3.05, 3.63) is 129 Å². The van der Waals surface area contributed by atoms with E-state index < -0.39 is 11.0 Å². The molecule has 230 valence electrons. The van der Waals surface area contributed by atoms with E-state index in [0.717, 1.165) is 42.5 Å². The number of hydrogen-bond acceptors (Lipinski definition) is 4. The molecule has 5 unspecified atom stereocenters. The van der Waals surface area contributed by atoms with Gasteiger partial charge >= 0.3 is 0 Å². The van der Waals surface area contributed by atoms with Crippen molar-refractivity contribution >= 4 is 35.1 Å². The molecule has 0 bridgehead atoms. The molecule has 2 spiro atoms. The highest BCUT2D eigenvalue weighted by Crippen LogP contribution is 2.70. The monoisotopic (exact) mass is 639 g/mol. The lowest BCUT2D eigenvalue weighted by Gasteiger charge is -2.57. The average molecular weight is 641 g/mol. The Balaban J connectivity index is 1.44. The van der Waals surface area contributed by atoms with Crippen molar-refractivity contribution in [3.63, 3.8) is 0 Å². The standard InChI is InChI=1S/C38H36Cl2FN3O/c1-36(2)16-18-37(19-17-36)38(23-43-29-20-31(40)42-21-27(29)38)32(26-14-9-15-28(39)33(26)41)30-22-45-35(25-12-7-4-8-13-25)34(44(30)37)24-10-5-3-6-11-24/h3-15,20-21,23,30,32,34-35H,16-19,22H2,1-2H3. The second-order valence-electron chi connectivity index (χ2n) is 14.0. The van der Waals surface area contributed by atoms with E-state index >= 15 is 4.39 Å².